The predicted molar refractivity (Wildman–Crippen MR) is 113 cm³/mol. The third-order valence-corrected chi connectivity index (χ3v) is 6.04. The van der Waals surface area contributed by atoms with E-state index in [-0.39, 0.29) is 47.2 Å². The second-order valence-electron chi connectivity index (χ2n) is 7.90. The van der Waals surface area contributed by atoms with Crippen molar-refractivity contribution in [2.45, 2.75) is 56.8 Å². The number of likely N-dealkylation sites (tertiary alicyclic amines) is 1. The fraction of sp³-hybridized carbons (Fsp3) is 0.650. The van der Waals surface area contributed by atoms with E-state index in [4.69, 9.17) is 26.8 Å². The van der Waals surface area contributed by atoms with Crippen LogP contribution in [-0.2, 0) is 14.3 Å². The number of amides is 1. The number of hydrogen-bond acceptors (Lipinski definition) is 7. The van der Waals surface area contributed by atoms with Crippen LogP contribution in [-0.4, -0.2) is 66.8 Å². The van der Waals surface area contributed by atoms with Crippen molar-refractivity contribution in [3.63, 3.8) is 0 Å². The molecule has 0 radical (unpaired) electrons. The predicted octanol–water partition coefficient (Wildman–Crippen LogP) is 1.31. The maximum atomic E-state index is 12.6. The Morgan fingerprint density at radius 2 is 2.03 bits per heavy atom. The maximum absolute atomic E-state index is 12.6. The van der Waals surface area contributed by atoms with Gasteiger partial charge in [-0.2, -0.15) is 0 Å². The highest BCUT2D eigenvalue weighted by molar-refractivity contribution is 6.33. The van der Waals surface area contributed by atoms with Crippen molar-refractivity contribution in [3.05, 3.63) is 27.0 Å². The van der Waals surface area contributed by atoms with Crippen LogP contribution in [0.15, 0.2) is 10.9 Å². The van der Waals surface area contributed by atoms with E-state index in [0.29, 0.717) is 19.5 Å². The molecule has 2 heterocycles. The van der Waals surface area contributed by atoms with E-state index in [9.17, 15) is 14.4 Å². The van der Waals surface area contributed by atoms with Crippen LogP contribution in [0.25, 0.3) is 0 Å². The number of rotatable bonds is 6. The monoisotopic (exact) mass is 440 g/mol. The highest BCUT2D eigenvalue weighted by Crippen LogP contribution is 2.21. The lowest BCUT2D eigenvalue weighted by Gasteiger charge is -2.37. The van der Waals surface area contributed by atoms with Gasteiger partial charge in [0.15, 0.2) is 0 Å². The minimum Gasteiger partial charge on any atom is -0.461 e. The van der Waals surface area contributed by atoms with Crippen molar-refractivity contribution in [1.29, 1.82) is 0 Å². The number of aromatic amines is 1. The Labute approximate surface area is 180 Å². The second kappa shape index (κ2) is 10.3. The number of aromatic nitrogens is 1. The Kier molecular flexibility index (Phi) is 7.74. The van der Waals surface area contributed by atoms with Gasteiger partial charge in [0.25, 0.3) is 11.5 Å². The number of nitrogens with one attached hydrogen (secondary N) is 2. The van der Waals surface area contributed by atoms with Crippen LogP contribution in [0.3, 0.4) is 0 Å². The third kappa shape index (κ3) is 5.74. The van der Waals surface area contributed by atoms with E-state index in [0.717, 1.165) is 25.7 Å². The first-order valence-electron chi connectivity index (χ1n) is 10.3. The van der Waals surface area contributed by atoms with Gasteiger partial charge >= 0.3 is 5.97 Å². The molecule has 2 atom stereocenters. The van der Waals surface area contributed by atoms with E-state index < -0.39 is 11.5 Å². The van der Waals surface area contributed by atoms with Crippen molar-refractivity contribution < 1.29 is 19.1 Å². The summed E-state index contributed by atoms with van der Waals surface area (Å²) in [5.41, 5.74) is 4.83. The maximum Gasteiger partial charge on any atom is 0.320 e. The van der Waals surface area contributed by atoms with Crippen molar-refractivity contribution in [3.8, 4) is 0 Å². The molecule has 0 bridgehead atoms. The zero-order valence-corrected chi connectivity index (χ0v) is 17.9. The number of esters is 1. The first kappa shape index (κ1) is 22.6. The lowest BCUT2D eigenvalue weighted by Crippen LogP contribution is -2.56. The molecular formula is C20H29ClN4O5. The number of anilines is 1. The van der Waals surface area contributed by atoms with Crippen LogP contribution >= 0.6 is 11.6 Å². The van der Waals surface area contributed by atoms with Crippen LogP contribution in [0.2, 0.25) is 5.02 Å². The van der Waals surface area contributed by atoms with E-state index in [2.05, 4.69) is 10.3 Å². The molecule has 1 amide bonds. The molecule has 0 unspecified atom stereocenters. The summed E-state index contributed by atoms with van der Waals surface area (Å²) < 4.78 is 11.1. The van der Waals surface area contributed by atoms with Crippen LogP contribution in [0.1, 0.15) is 48.9 Å². The second-order valence-corrected chi connectivity index (χ2v) is 8.31. The summed E-state index contributed by atoms with van der Waals surface area (Å²) in [6, 6.07) is 0.951. The number of pyridine rings is 1. The van der Waals surface area contributed by atoms with Crippen molar-refractivity contribution in [1.82, 2.24) is 15.2 Å². The molecule has 3 rings (SSSR count). The van der Waals surface area contributed by atoms with E-state index >= 15 is 0 Å². The first-order chi connectivity index (χ1) is 14.4. The van der Waals surface area contributed by atoms with Gasteiger partial charge < -0.3 is 25.5 Å². The number of carbonyl (C=O) groups is 2. The Hall–Kier alpha value is -2.10. The molecule has 1 aromatic rings. The zero-order chi connectivity index (χ0) is 21.7. The van der Waals surface area contributed by atoms with Crippen molar-refractivity contribution >= 4 is 29.3 Å². The number of nitrogens with two attached hydrogens (primary N) is 1. The fourth-order valence-electron chi connectivity index (χ4n) is 4.05. The summed E-state index contributed by atoms with van der Waals surface area (Å²) >= 11 is 5.92. The molecule has 9 nitrogen and oxygen atoms in total. The van der Waals surface area contributed by atoms with Crippen molar-refractivity contribution in [2.75, 3.05) is 32.5 Å². The molecule has 4 N–H and O–H groups in total. The molecule has 10 heteroatoms. The number of hydrogen-bond donors (Lipinski definition) is 3. The number of halogens is 1. The molecule has 2 fully saturated rings. The highest BCUT2D eigenvalue weighted by Gasteiger charge is 2.32. The number of piperidine rings is 1. The van der Waals surface area contributed by atoms with Crippen LogP contribution < -0.4 is 16.6 Å². The van der Waals surface area contributed by atoms with E-state index in [1.165, 1.54) is 12.5 Å². The molecule has 2 aliphatic rings. The molecule has 1 aliphatic heterocycles. The summed E-state index contributed by atoms with van der Waals surface area (Å²) in [7, 11) is 1.56. The molecule has 1 aliphatic carbocycles. The molecule has 1 aromatic heterocycles. The average Bonchev–Trinajstić information content (AvgIpc) is 2.72. The topological polar surface area (TPSA) is 127 Å². The van der Waals surface area contributed by atoms with Gasteiger partial charge in [-0.15, -0.1) is 0 Å². The van der Waals surface area contributed by atoms with Gasteiger partial charge in [-0.25, -0.2) is 0 Å². The Morgan fingerprint density at radius 3 is 2.73 bits per heavy atom. The number of carbonyl (C=O) groups excluding carboxylic acids is 2. The van der Waals surface area contributed by atoms with Gasteiger partial charge in [-0.05, 0) is 38.2 Å². The van der Waals surface area contributed by atoms with Crippen LogP contribution in [0.4, 0.5) is 5.82 Å². The van der Waals surface area contributed by atoms with Gasteiger partial charge in [0.1, 0.15) is 17.5 Å². The summed E-state index contributed by atoms with van der Waals surface area (Å²) in [5.74, 6) is -0.751. The van der Waals surface area contributed by atoms with Crippen LogP contribution in [0, 0.1) is 0 Å². The van der Waals surface area contributed by atoms with Gasteiger partial charge in [-0.1, -0.05) is 18.0 Å². The molecule has 30 heavy (non-hydrogen) atoms. The number of nitrogens with zero attached hydrogens (tertiary/aromatic N) is 1. The number of nitrogen functional groups attached to an aromatic ring is 1. The van der Waals surface area contributed by atoms with Crippen LogP contribution in [0.5, 0.6) is 0 Å². The average molecular weight is 441 g/mol. The Bertz CT molecular complexity index is 824. The lowest BCUT2D eigenvalue weighted by atomic mass is 9.98. The van der Waals surface area contributed by atoms with E-state index in [1.54, 1.807) is 7.11 Å². The molecule has 1 saturated heterocycles. The Balaban J connectivity index is 1.54. The summed E-state index contributed by atoms with van der Waals surface area (Å²) in [6.07, 6.45) is 5.58. The number of H-pyrrole nitrogens is 1. The first-order valence-corrected chi connectivity index (χ1v) is 10.7. The summed E-state index contributed by atoms with van der Waals surface area (Å²) in [5, 5.41) is 2.94. The van der Waals surface area contributed by atoms with Gasteiger partial charge in [0.05, 0.1) is 23.7 Å². The SMILES string of the molecule is CO[C@@H]1CN(CC(=O)OC2CCCCC2)CC[C@@H]1NC(=O)c1cc(Cl)c(N)[nH]c1=O. The smallest absolute Gasteiger partial charge is 0.320 e. The van der Waals surface area contributed by atoms with Gasteiger partial charge in [0.2, 0.25) is 0 Å². The number of methoxy groups -OCH3 is 1. The lowest BCUT2D eigenvalue weighted by molar-refractivity contribution is -0.152. The molecule has 0 spiro atoms. The number of ether oxygens (including phenoxy) is 2. The van der Waals surface area contributed by atoms with Crippen molar-refractivity contribution in [2.24, 2.45) is 0 Å². The molecule has 0 aromatic carbocycles. The highest BCUT2D eigenvalue weighted by atomic mass is 35.5. The normalized spacial score (nSPS) is 23.1. The zero-order valence-electron chi connectivity index (χ0n) is 17.1. The fourth-order valence-corrected chi connectivity index (χ4v) is 4.21. The summed E-state index contributed by atoms with van der Waals surface area (Å²) in [4.78, 5) is 41.2. The largest absolute Gasteiger partial charge is 0.461 e. The third-order valence-electron chi connectivity index (χ3n) is 5.73. The molecule has 166 valence electrons. The molecular weight excluding hydrogens is 412 g/mol. The Morgan fingerprint density at radius 1 is 1.30 bits per heavy atom. The summed E-state index contributed by atoms with van der Waals surface area (Å²) in [6.45, 7) is 1.27. The van der Waals surface area contributed by atoms with Gasteiger partial charge in [0, 0.05) is 20.2 Å². The molecule has 1 saturated carbocycles. The van der Waals surface area contributed by atoms with E-state index in [1.807, 2.05) is 4.90 Å². The quantitative estimate of drug-likeness (QED) is 0.569. The minimum atomic E-state index is -0.605. The minimum absolute atomic E-state index is 0.0152. The van der Waals surface area contributed by atoms with Gasteiger partial charge in [-0.3, -0.25) is 19.3 Å². The standard InChI is InChI=1S/C20H29ClN4O5/c1-29-16-10-25(11-17(26)30-12-5-3-2-4-6-12)8-7-15(16)23-19(27)13-9-14(21)18(22)24-20(13)28/h9,12,15-16H,2-8,10-11H2,1H3,(H,23,27)(H3,22,24,28)/t15-,16+/m0/s1.